The van der Waals surface area contributed by atoms with E-state index in [1.807, 2.05) is 45.9 Å². The van der Waals surface area contributed by atoms with Crippen LogP contribution in [0, 0.1) is 11.8 Å². The third kappa shape index (κ3) is 8.68. The molecule has 0 aliphatic rings. The van der Waals surface area contributed by atoms with Gasteiger partial charge in [0.1, 0.15) is 6.04 Å². The monoisotopic (exact) mass is 376 g/mol. The molecule has 5 N–H and O–H groups in total. The molecule has 7 nitrogen and oxygen atoms in total. The number of nitrogens with one attached hydrogen (secondary N) is 3. The van der Waals surface area contributed by atoms with Gasteiger partial charge in [-0.05, 0) is 30.4 Å². The number of para-hydroxylation sites is 1. The van der Waals surface area contributed by atoms with E-state index in [1.165, 1.54) is 0 Å². The van der Waals surface area contributed by atoms with Crippen molar-refractivity contribution in [2.24, 2.45) is 17.6 Å². The smallest absolute Gasteiger partial charge is 0.246 e. The van der Waals surface area contributed by atoms with Gasteiger partial charge in [0.25, 0.3) is 0 Å². The highest BCUT2D eigenvalue weighted by atomic mass is 16.2. The highest BCUT2D eigenvalue weighted by Gasteiger charge is 2.27. The van der Waals surface area contributed by atoms with Gasteiger partial charge >= 0.3 is 0 Å². The number of nitrogens with two attached hydrogens (primary N) is 1. The van der Waals surface area contributed by atoms with Gasteiger partial charge in [-0.25, -0.2) is 0 Å². The summed E-state index contributed by atoms with van der Waals surface area (Å²) in [5, 5.41) is 8.76. The minimum atomic E-state index is -0.642. The molecule has 0 spiro atoms. The van der Waals surface area contributed by atoms with Gasteiger partial charge in [-0.2, -0.15) is 0 Å². The number of benzene rings is 1. The third-order valence-corrected chi connectivity index (χ3v) is 4.07. The van der Waals surface area contributed by atoms with Gasteiger partial charge in [-0.3, -0.25) is 14.4 Å². The first-order valence-corrected chi connectivity index (χ1v) is 9.38. The molecule has 0 aliphatic carbocycles. The van der Waals surface area contributed by atoms with E-state index in [1.54, 1.807) is 12.1 Å². The zero-order valence-corrected chi connectivity index (χ0v) is 16.6. The molecular weight excluding hydrogens is 344 g/mol. The van der Waals surface area contributed by atoms with Crippen molar-refractivity contribution in [1.29, 1.82) is 0 Å². The van der Waals surface area contributed by atoms with Gasteiger partial charge in [0.2, 0.25) is 17.7 Å². The number of amides is 3. The zero-order chi connectivity index (χ0) is 20.4. The van der Waals surface area contributed by atoms with Crippen molar-refractivity contribution < 1.29 is 14.4 Å². The highest BCUT2D eigenvalue weighted by Crippen LogP contribution is 2.11. The Labute approximate surface area is 161 Å². The van der Waals surface area contributed by atoms with Gasteiger partial charge < -0.3 is 21.7 Å². The topological polar surface area (TPSA) is 113 Å². The SMILES string of the molecule is CC(C)C[C@H](NC(=O)[C@@H](NCCC(N)=O)C(C)C)C(=O)Nc1ccccc1. The maximum absolute atomic E-state index is 12.7. The second kappa shape index (κ2) is 11.3. The predicted octanol–water partition coefficient (Wildman–Crippen LogP) is 1.65. The van der Waals surface area contributed by atoms with E-state index in [0.717, 1.165) is 0 Å². The van der Waals surface area contributed by atoms with E-state index in [4.69, 9.17) is 5.73 Å². The van der Waals surface area contributed by atoms with Crippen LogP contribution in [0.3, 0.4) is 0 Å². The number of carbonyl (C=O) groups is 3. The molecule has 0 saturated heterocycles. The molecule has 0 saturated carbocycles. The summed E-state index contributed by atoms with van der Waals surface area (Å²) in [6.45, 7) is 8.13. The fraction of sp³-hybridized carbons (Fsp3) is 0.550. The molecule has 0 aliphatic heterocycles. The number of primary amides is 1. The summed E-state index contributed by atoms with van der Waals surface area (Å²) < 4.78 is 0. The van der Waals surface area contributed by atoms with E-state index >= 15 is 0 Å². The lowest BCUT2D eigenvalue weighted by atomic mass is 9.99. The molecule has 0 bridgehead atoms. The first kappa shape index (κ1) is 22.6. The van der Waals surface area contributed by atoms with Crippen molar-refractivity contribution in [3.8, 4) is 0 Å². The minimum absolute atomic E-state index is 0.00485. The van der Waals surface area contributed by atoms with Crippen LogP contribution in [-0.4, -0.2) is 36.3 Å². The van der Waals surface area contributed by atoms with E-state index in [-0.39, 0.29) is 30.1 Å². The second-order valence-corrected chi connectivity index (χ2v) is 7.44. The molecular formula is C20H32N4O3. The number of rotatable bonds is 11. The summed E-state index contributed by atoms with van der Waals surface area (Å²) >= 11 is 0. The molecule has 0 unspecified atom stereocenters. The zero-order valence-electron chi connectivity index (χ0n) is 16.6. The number of hydrogen-bond acceptors (Lipinski definition) is 4. The van der Waals surface area contributed by atoms with Crippen molar-refractivity contribution in [3.05, 3.63) is 30.3 Å². The Kier molecular flexibility index (Phi) is 9.50. The van der Waals surface area contributed by atoms with Crippen LogP contribution in [0.1, 0.15) is 40.5 Å². The van der Waals surface area contributed by atoms with Gasteiger partial charge in [0.05, 0.1) is 6.04 Å². The fourth-order valence-electron chi connectivity index (χ4n) is 2.70. The summed E-state index contributed by atoms with van der Waals surface area (Å²) in [5.41, 5.74) is 5.83. The summed E-state index contributed by atoms with van der Waals surface area (Å²) in [6, 6.07) is 7.99. The quantitative estimate of drug-likeness (QED) is 0.470. The highest BCUT2D eigenvalue weighted by molar-refractivity contribution is 5.97. The molecule has 0 fully saturated rings. The summed E-state index contributed by atoms with van der Waals surface area (Å²) in [5.74, 6) is -0.705. The Bertz CT molecular complexity index is 617. The van der Waals surface area contributed by atoms with E-state index in [2.05, 4.69) is 16.0 Å². The lowest BCUT2D eigenvalue weighted by Crippen LogP contribution is -2.53. The molecule has 150 valence electrons. The van der Waals surface area contributed by atoms with Gasteiger partial charge in [0.15, 0.2) is 0 Å². The lowest BCUT2D eigenvalue weighted by molar-refractivity contribution is -0.129. The van der Waals surface area contributed by atoms with Crippen LogP contribution in [0.2, 0.25) is 0 Å². The van der Waals surface area contributed by atoms with Crippen LogP contribution in [0.15, 0.2) is 30.3 Å². The fourth-order valence-corrected chi connectivity index (χ4v) is 2.70. The normalized spacial score (nSPS) is 13.3. The number of hydrogen-bond donors (Lipinski definition) is 4. The van der Waals surface area contributed by atoms with Crippen LogP contribution in [0.25, 0.3) is 0 Å². The van der Waals surface area contributed by atoms with Crippen LogP contribution in [-0.2, 0) is 14.4 Å². The second-order valence-electron chi connectivity index (χ2n) is 7.44. The maximum atomic E-state index is 12.7. The Morgan fingerprint density at radius 3 is 2.15 bits per heavy atom. The van der Waals surface area contributed by atoms with E-state index in [9.17, 15) is 14.4 Å². The molecule has 1 aromatic rings. The Hall–Kier alpha value is -2.41. The van der Waals surface area contributed by atoms with Crippen molar-refractivity contribution in [1.82, 2.24) is 10.6 Å². The Morgan fingerprint density at radius 1 is 1.00 bits per heavy atom. The largest absolute Gasteiger partial charge is 0.370 e. The summed E-state index contributed by atoms with van der Waals surface area (Å²) in [4.78, 5) is 36.3. The van der Waals surface area contributed by atoms with Gasteiger partial charge in [-0.15, -0.1) is 0 Å². The average Bonchev–Trinajstić information content (AvgIpc) is 2.57. The van der Waals surface area contributed by atoms with Crippen molar-refractivity contribution in [2.75, 3.05) is 11.9 Å². The molecule has 1 rings (SSSR count). The van der Waals surface area contributed by atoms with E-state index in [0.29, 0.717) is 18.7 Å². The summed E-state index contributed by atoms with van der Waals surface area (Å²) in [7, 11) is 0. The van der Waals surface area contributed by atoms with Crippen molar-refractivity contribution in [3.63, 3.8) is 0 Å². The first-order chi connectivity index (χ1) is 12.7. The molecule has 0 aromatic heterocycles. The maximum Gasteiger partial charge on any atom is 0.246 e. The first-order valence-electron chi connectivity index (χ1n) is 9.38. The van der Waals surface area contributed by atoms with Crippen LogP contribution in [0.5, 0.6) is 0 Å². The summed E-state index contributed by atoms with van der Waals surface area (Å²) in [6.07, 6.45) is 0.678. The van der Waals surface area contributed by atoms with Crippen molar-refractivity contribution in [2.45, 2.75) is 52.6 Å². The molecule has 1 aromatic carbocycles. The minimum Gasteiger partial charge on any atom is -0.370 e. The van der Waals surface area contributed by atoms with Crippen LogP contribution < -0.4 is 21.7 Å². The predicted molar refractivity (Wildman–Crippen MR) is 107 cm³/mol. The average molecular weight is 377 g/mol. The third-order valence-electron chi connectivity index (χ3n) is 4.07. The molecule has 0 radical (unpaired) electrons. The van der Waals surface area contributed by atoms with Crippen LogP contribution >= 0.6 is 0 Å². The standard InChI is InChI=1S/C20H32N4O3/c1-13(2)12-16(19(26)23-15-8-6-5-7-9-15)24-20(27)18(14(3)4)22-11-10-17(21)25/h5-9,13-14,16,18,22H,10-12H2,1-4H3,(H2,21,25)(H,23,26)(H,24,27)/t16-,18-/m0/s1. The molecule has 7 heteroatoms. The van der Waals surface area contributed by atoms with Crippen LogP contribution in [0.4, 0.5) is 5.69 Å². The van der Waals surface area contributed by atoms with Gasteiger partial charge in [0, 0.05) is 18.7 Å². The van der Waals surface area contributed by atoms with Crippen molar-refractivity contribution >= 4 is 23.4 Å². The number of anilines is 1. The molecule has 2 atom stereocenters. The molecule has 3 amide bonds. The molecule has 27 heavy (non-hydrogen) atoms. The number of carbonyl (C=O) groups excluding carboxylic acids is 3. The Morgan fingerprint density at radius 2 is 1.63 bits per heavy atom. The van der Waals surface area contributed by atoms with E-state index < -0.39 is 18.0 Å². The Balaban J connectivity index is 2.78. The molecule has 0 heterocycles. The lowest BCUT2D eigenvalue weighted by Gasteiger charge is -2.26. The van der Waals surface area contributed by atoms with Gasteiger partial charge in [-0.1, -0.05) is 45.9 Å².